The van der Waals surface area contributed by atoms with E-state index in [0.29, 0.717) is 0 Å². The molecule has 0 aromatic carbocycles. The van der Waals surface area contributed by atoms with E-state index < -0.39 is 0 Å². The van der Waals surface area contributed by atoms with E-state index in [0.717, 1.165) is 17.8 Å². The second-order valence-electron chi connectivity index (χ2n) is 3.59. The number of aromatic nitrogens is 2. The molecule has 86 valence electrons. The van der Waals surface area contributed by atoms with Gasteiger partial charge in [0.25, 0.3) is 0 Å². The maximum Gasteiger partial charge on any atom is 0.0603 e. The molecule has 0 saturated carbocycles. The van der Waals surface area contributed by atoms with Gasteiger partial charge in [-0.15, -0.1) is 0 Å². The third-order valence-electron chi connectivity index (χ3n) is 2.52. The SMILES string of the molecule is C\C=C(/C=C\C(N)=C(\C)CC)n1cccn1. The fourth-order valence-corrected chi connectivity index (χ4v) is 1.25. The van der Waals surface area contributed by atoms with Crippen molar-refractivity contribution in [3.63, 3.8) is 0 Å². The number of nitrogens with two attached hydrogens (primary N) is 1. The van der Waals surface area contributed by atoms with E-state index in [2.05, 4.69) is 12.0 Å². The minimum Gasteiger partial charge on any atom is -0.399 e. The molecule has 0 bridgehead atoms. The first kappa shape index (κ1) is 12.3. The predicted molar refractivity (Wildman–Crippen MR) is 68.5 cm³/mol. The summed E-state index contributed by atoms with van der Waals surface area (Å²) in [6, 6.07) is 1.90. The van der Waals surface area contributed by atoms with Crippen LogP contribution in [0.3, 0.4) is 0 Å². The van der Waals surface area contributed by atoms with Crippen molar-refractivity contribution in [3.8, 4) is 0 Å². The number of hydrogen-bond donors (Lipinski definition) is 1. The van der Waals surface area contributed by atoms with Crippen molar-refractivity contribution in [1.82, 2.24) is 9.78 Å². The van der Waals surface area contributed by atoms with Crippen molar-refractivity contribution in [3.05, 3.63) is 48.0 Å². The molecule has 2 N–H and O–H groups in total. The third kappa shape index (κ3) is 3.12. The van der Waals surface area contributed by atoms with E-state index >= 15 is 0 Å². The molecule has 3 heteroatoms. The first-order valence-electron chi connectivity index (χ1n) is 5.48. The van der Waals surface area contributed by atoms with E-state index in [-0.39, 0.29) is 0 Å². The van der Waals surface area contributed by atoms with Crippen LogP contribution in [0.2, 0.25) is 0 Å². The molecule has 1 aromatic heterocycles. The fourth-order valence-electron chi connectivity index (χ4n) is 1.25. The lowest BCUT2D eigenvalue weighted by Gasteiger charge is -2.02. The van der Waals surface area contributed by atoms with Crippen molar-refractivity contribution in [2.24, 2.45) is 5.73 Å². The summed E-state index contributed by atoms with van der Waals surface area (Å²) in [5, 5.41) is 4.17. The minimum absolute atomic E-state index is 0.828. The number of rotatable bonds is 4. The Morgan fingerprint density at radius 1 is 1.44 bits per heavy atom. The maximum atomic E-state index is 5.92. The van der Waals surface area contributed by atoms with Gasteiger partial charge in [0.15, 0.2) is 0 Å². The highest BCUT2D eigenvalue weighted by Crippen LogP contribution is 2.08. The monoisotopic (exact) mass is 217 g/mol. The van der Waals surface area contributed by atoms with Crippen LogP contribution >= 0.6 is 0 Å². The summed E-state index contributed by atoms with van der Waals surface area (Å²) >= 11 is 0. The van der Waals surface area contributed by atoms with Crippen molar-refractivity contribution in [1.29, 1.82) is 0 Å². The van der Waals surface area contributed by atoms with E-state index in [1.165, 1.54) is 5.57 Å². The van der Waals surface area contributed by atoms with Crippen LogP contribution in [0.25, 0.3) is 5.70 Å². The van der Waals surface area contributed by atoms with Gasteiger partial charge in [0.2, 0.25) is 0 Å². The highest BCUT2D eigenvalue weighted by atomic mass is 15.3. The second kappa shape index (κ2) is 5.95. The van der Waals surface area contributed by atoms with Crippen molar-refractivity contribution in [2.75, 3.05) is 0 Å². The lowest BCUT2D eigenvalue weighted by atomic mass is 10.1. The molecule has 0 radical (unpaired) electrons. The van der Waals surface area contributed by atoms with Gasteiger partial charge in [0.1, 0.15) is 0 Å². The molecule has 0 spiro atoms. The van der Waals surface area contributed by atoms with E-state index in [4.69, 9.17) is 5.73 Å². The Kier molecular flexibility index (Phi) is 4.58. The minimum atomic E-state index is 0.828. The first-order valence-corrected chi connectivity index (χ1v) is 5.48. The molecule has 1 rings (SSSR count). The van der Waals surface area contributed by atoms with Crippen molar-refractivity contribution >= 4 is 5.70 Å². The molecule has 0 atom stereocenters. The lowest BCUT2D eigenvalue weighted by Crippen LogP contribution is -1.99. The molecule has 0 aliphatic heterocycles. The molecular weight excluding hydrogens is 198 g/mol. The van der Waals surface area contributed by atoms with Gasteiger partial charge in [-0.05, 0) is 38.5 Å². The van der Waals surface area contributed by atoms with E-state index in [9.17, 15) is 0 Å². The molecule has 0 fully saturated rings. The normalized spacial score (nSPS) is 14.3. The summed E-state index contributed by atoms with van der Waals surface area (Å²) in [4.78, 5) is 0. The lowest BCUT2D eigenvalue weighted by molar-refractivity contribution is 0.908. The van der Waals surface area contributed by atoms with Crippen molar-refractivity contribution < 1.29 is 0 Å². The number of allylic oxidation sites excluding steroid dienone is 5. The first-order chi connectivity index (χ1) is 7.69. The van der Waals surface area contributed by atoms with Crippen molar-refractivity contribution in [2.45, 2.75) is 27.2 Å². The zero-order chi connectivity index (χ0) is 12.0. The standard InChI is InChI=1S/C13H19N3/c1-4-11(3)13(14)8-7-12(5-2)16-10-6-9-15-16/h5-10H,4,14H2,1-3H3/b8-7-,12-5+,13-11+. The van der Waals surface area contributed by atoms with Gasteiger partial charge >= 0.3 is 0 Å². The molecule has 1 heterocycles. The van der Waals surface area contributed by atoms with Crippen LogP contribution in [-0.4, -0.2) is 9.78 Å². The van der Waals surface area contributed by atoms with Crippen LogP contribution in [0.15, 0.2) is 48.0 Å². The molecular formula is C13H19N3. The largest absolute Gasteiger partial charge is 0.399 e. The zero-order valence-corrected chi connectivity index (χ0v) is 10.1. The highest BCUT2D eigenvalue weighted by Gasteiger charge is 1.95. The zero-order valence-electron chi connectivity index (χ0n) is 10.1. The average Bonchev–Trinajstić information content (AvgIpc) is 2.82. The van der Waals surface area contributed by atoms with Gasteiger partial charge in [0, 0.05) is 18.1 Å². The predicted octanol–water partition coefficient (Wildman–Crippen LogP) is 2.94. The van der Waals surface area contributed by atoms with Crippen LogP contribution in [0, 0.1) is 0 Å². The van der Waals surface area contributed by atoms with Crippen LogP contribution in [0.5, 0.6) is 0 Å². The van der Waals surface area contributed by atoms with Gasteiger partial charge < -0.3 is 5.73 Å². The second-order valence-corrected chi connectivity index (χ2v) is 3.59. The van der Waals surface area contributed by atoms with Gasteiger partial charge in [-0.2, -0.15) is 5.10 Å². The van der Waals surface area contributed by atoms with Gasteiger partial charge in [-0.1, -0.05) is 18.6 Å². The van der Waals surface area contributed by atoms with E-state index in [1.807, 2.05) is 49.0 Å². The molecule has 3 nitrogen and oxygen atoms in total. The Hall–Kier alpha value is -1.77. The Bertz CT molecular complexity index is 408. The summed E-state index contributed by atoms with van der Waals surface area (Å²) < 4.78 is 1.81. The number of hydrogen-bond acceptors (Lipinski definition) is 2. The smallest absolute Gasteiger partial charge is 0.0603 e. The summed E-state index contributed by atoms with van der Waals surface area (Å²) in [7, 11) is 0. The van der Waals surface area contributed by atoms with E-state index in [1.54, 1.807) is 6.20 Å². The van der Waals surface area contributed by atoms with Crippen LogP contribution in [-0.2, 0) is 0 Å². The Labute approximate surface area is 97.0 Å². The highest BCUT2D eigenvalue weighted by molar-refractivity contribution is 5.56. The molecule has 0 aliphatic carbocycles. The van der Waals surface area contributed by atoms with Crippen LogP contribution in [0.4, 0.5) is 0 Å². The summed E-state index contributed by atoms with van der Waals surface area (Å²) in [5.41, 5.74) is 8.96. The molecule has 0 unspecified atom stereocenters. The molecule has 0 amide bonds. The quantitative estimate of drug-likeness (QED) is 0.788. The molecule has 16 heavy (non-hydrogen) atoms. The summed E-state index contributed by atoms with van der Waals surface area (Å²) in [6.07, 6.45) is 10.5. The average molecular weight is 217 g/mol. The van der Waals surface area contributed by atoms with Gasteiger partial charge in [0.05, 0.1) is 5.70 Å². The molecule has 0 aliphatic rings. The molecule has 1 aromatic rings. The van der Waals surface area contributed by atoms with Gasteiger partial charge in [-0.25, -0.2) is 4.68 Å². The fraction of sp³-hybridized carbons (Fsp3) is 0.308. The Morgan fingerprint density at radius 2 is 2.19 bits per heavy atom. The topological polar surface area (TPSA) is 43.8 Å². The molecule has 0 saturated heterocycles. The third-order valence-corrected chi connectivity index (χ3v) is 2.52. The van der Waals surface area contributed by atoms with Crippen LogP contribution < -0.4 is 5.73 Å². The Morgan fingerprint density at radius 3 is 2.69 bits per heavy atom. The summed E-state index contributed by atoms with van der Waals surface area (Å²) in [6.45, 7) is 6.12. The maximum absolute atomic E-state index is 5.92. The van der Waals surface area contributed by atoms with Gasteiger partial charge in [-0.3, -0.25) is 0 Å². The number of nitrogens with zero attached hydrogens (tertiary/aromatic N) is 2. The van der Waals surface area contributed by atoms with Crippen LogP contribution in [0.1, 0.15) is 27.2 Å². The Balaban J connectivity index is 2.84. The summed E-state index contributed by atoms with van der Waals surface area (Å²) in [5.74, 6) is 0.